The van der Waals surface area contributed by atoms with Gasteiger partial charge >= 0.3 is 0 Å². The topological polar surface area (TPSA) is 86.9 Å². The van der Waals surface area contributed by atoms with Gasteiger partial charge in [-0.25, -0.2) is 0 Å². The van der Waals surface area contributed by atoms with Gasteiger partial charge in [0.2, 0.25) is 0 Å². The van der Waals surface area contributed by atoms with Crippen molar-refractivity contribution in [2.24, 2.45) is 0 Å². The van der Waals surface area contributed by atoms with Gasteiger partial charge in [-0.2, -0.15) is 5.10 Å². The number of carbonyl (C=O) groups excluding carboxylic acids is 2. The van der Waals surface area contributed by atoms with Crippen LogP contribution in [0.25, 0.3) is 10.9 Å². The van der Waals surface area contributed by atoms with Crippen LogP contribution in [0.2, 0.25) is 0 Å². The summed E-state index contributed by atoms with van der Waals surface area (Å²) in [5.74, 6) is -0.412. The van der Waals surface area contributed by atoms with Crippen molar-refractivity contribution < 1.29 is 9.59 Å². The maximum absolute atomic E-state index is 12.5. The largest absolute Gasteiger partial charge is 0.350 e. The van der Waals surface area contributed by atoms with Gasteiger partial charge in [-0.3, -0.25) is 14.7 Å². The number of nitrogens with one attached hydrogen (secondary N) is 3. The Labute approximate surface area is 152 Å². The zero-order chi connectivity index (χ0) is 18.7. The molecule has 0 radical (unpaired) electrons. The second-order valence-corrected chi connectivity index (χ2v) is 6.44. The van der Waals surface area contributed by atoms with Crippen LogP contribution in [0.5, 0.6) is 0 Å². The number of hydrogen-bond donors (Lipinski definition) is 3. The minimum absolute atomic E-state index is 0.119. The summed E-state index contributed by atoms with van der Waals surface area (Å²) in [5.41, 5.74) is 3.40. The lowest BCUT2D eigenvalue weighted by Gasteiger charge is -2.11. The van der Waals surface area contributed by atoms with Crippen molar-refractivity contribution in [2.45, 2.75) is 33.2 Å². The molecule has 1 heterocycles. The van der Waals surface area contributed by atoms with Crippen LogP contribution >= 0.6 is 0 Å². The molecule has 0 aliphatic heterocycles. The summed E-state index contributed by atoms with van der Waals surface area (Å²) in [6.07, 6.45) is 0.872. The molecule has 2 amide bonds. The van der Waals surface area contributed by atoms with E-state index < -0.39 is 0 Å². The van der Waals surface area contributed by atoms with E-state index in [-0.39, 0.29) is 17.9 Å². The summed E-state index contributed by atoms with van der Waals surface area (Å²) in [6.45, 7) is 5.95. The second kappa shape index (κ2) is 7.39. The average Bonchev–Trinajstić information content (AvgIpc) is 3.05. The molecular formula is C20H22N4O2. The molecule has 134 valence electrons. The number of fused-ring (bicyclic) bond motifs is 1. The third kappa shape index (κ3) is 3.74. The van der Waals surface area contributed by atoms with Gasteiger partial charge in [0.05, 0.1) is 5.52 Å². The van der Waals surface area contributed by atoms with Crippen LogP contribution in [0.1, 0.15) is 46.7 Å². The fraction of sp³-hybridized carbons (Fsp3) is 0.250. The predicted molar refractivity (Wildman–Crippen MR) is 102 cm³/mol. The van der Waals surface area contributed by atoms with Crippen molar-refractivity contribution in [3.8, 4) is 0 Å². The van der Waals surface area contributed by atoms with E-state index in [2.05, 4.69) is 20.8 Å². The summed E-state index contributed by atoms with van der Waals surface area (Å²) < 4.78 is 0. The highest BCUT2D eigenvalue weighted by atomic mass is 16.2. The molecule has 6 heteroatoms. The number of benzene rings is 2. The molecule has 6 nitrogen and oxygen atoms in total. The SMILES string of the molecule is CCC(C)NC(=O)c1ccc(NC(=O)c2n[nH]c3ccc(C)cc23)cc1. The van der Waals surface area contributed by atoms with E-state index in [1.54, 1.807) is 24.3 Å². The van der Waals surface area contributed by atoms with Crippen molar-refractivity contribution in [2.75, 3.05) is 5.32 Å². The Morgan fingerprint density at radius 1 is 1.12 bits per heavy atom. The van der Waals surface area contributed by atoms with E-state index in [0.29, 0.717) is 16.9 Å². The first kappa shape index (κ1) is 17.7. The van der Waals surface area contributed by atoms with E-state index in [9.17, 15) is 9.59 Å². The van der Waals surface area contributed by atoms with Crippen LogP contribution < -0.4 is 10.6 Å². The zero-order valence-electron chi connectivity index (χ0n) is 15.1. The zero-order valence-corrected chi connectivity index (χ0v) is 15.1. The summed E-state index contributed by atoms with van der Waals surface area (Å²) in [5, 5.41) is 13.5. The normalized spacial score (nSPS) is 12.0. The maximum Gasteiger partial charge on any atom is 0.276 e. The molecular weight excluding hydrogens is 328 g/mol. The lowest BCUT2D eigenvalue weighted by Crippen LogP contribution is -2.31. The Bertz CT molecular complexity index is 944. The molecule has 0 saturated heterocycles. The first-order chi connectivity index (χ1) is 12.5. The maximum atomic E-state index is 12.5. The number of aromatic amines is 1. The van der Waals surface area contributed by atoms with Crippen LogP contribution in [0.4, 0.5) is 5.69 Å². The molecule has 2 aromatic carbocycles. The lowest BCUT2D eigenvalue weighted by molar-refractivity contribution is 0.0938. The van der Waals surface area contributed by atoms with Crippen molar-refractivity contribution in [3.05, 3.63) is 59.3 Å². The monoisotopic (exact) mass is 350 g/mol. The molecule has 26 heavy (non-hydrogen) atoms. The van der Waals surface area contributed by atoms with Crippen molar-refractivity contribution >= 4 is 28.4 Å². The van der Waals surface area contributed by atoms with Gasteiger partial charge in [-0.1, -0.05) is 18.6 Å². The minimum atomic E-state index is -0.293. The smallest absolute Gasteiger partial charge is 0.276 e. The van der Waals surface area contributed by atoms with Crippen molar-refractivity contribution in [3.63, 3.8) is 0 Å². The number of hydrogen-bond acceptors (Lipinski definition) is 3. The highest BCUT2D eigenvalue weighted by Gasteiger charge is 2.15. The first-order valence-corrected chi connectivity index (χ1v) is 8.65. The van der Waals surface area contributed by atoms with Crippen LogP contribution in [-0.2, 0) is 0 Å². The van der Waals surface area contributed by atoms with Gasteiger partial charge in [0.25, 0.3) is 11.8 Å². The summed E-state index contributed by atoms with van der Waals surface area (Å²) in [7, 11) is 0. The second-order valence-electron chi connectivity index (χ2n) is 6.44. The van der Waals surface area contributed by atoms with E-state index in [4.69, 9.17) is 0 Å². The molecule has 3 N–H and O–H groups in total. The van der Waals surface area contributed by atoms with E-state index in [1.807, 2.05) is 39.0 Å². The third-order valence-electron chi connectivity index (χ3n) is 4.33. The quantitative estimate of drug-likeness (QED) is 0.656. The molecule has 1 atom stereocenters. The standard InChI is InChI=1S/C20H22N4O2/c1-4-13(3)21-19(25)14-6-8-15(9-7-14)22-20(26)18-16-11-12(2)5-10-17(16)23-24-18/h5-11,13H,4H2,1-3H3,(H,21,25)(H,22,26)(H,23,24). The fourth-order valence-electron chi connectivity index (χ4n) is 2.61. The van der Waals surface area contributed by atoms with Crippen molar-refractivity contribution in [1.82, 2.24) is 15.5 Å². The number of anilines is 1. The number of rotatable bonds is 5. The van der Waals surface area contributed by atoms with Crippen LogP contribution in [0.3, 0.4) is 0 Å². The Morgan fingerprint density at radius 3 is 2.54 bits per heavy atom. The summed E-state index contributed by atoms with van der Waals surface area (Å²) in [6, 6.07) is 12.7. The number of aromatic nitrogens is 2. The first-order valence-electron chi connectivity index (χ1n) is 8.65. The molecule has 0 saturated carbocycles. The summed E-state index contributed by atoms with van der Waals surface area (Å²) >= 11 is 0. The number of carbonyl (C=O) groups is 2. The minimum Gasteiger partial charge on any atom is -0.350 e. The van der Waals surface area contributed by atoms with Gasteiger partial charge in [0, 0.05) is 22.7 Å². The van der Waals surface area contributed by atoms with E-state index >= 15 is 0 Å². The van der Waals surface area contributed by atoms with Crippen molar-refractivity contribution in [1.29, 1.82) is 0 Å². The molecule has 0 bridgehead atoms. The lowest BCUT2D eigenvalue weighted by atomic mass is 10.1. The average molecular weight is 350 g/mol. The number of H-pyrrole nitrogens is 1. The Morgan fingerprint density at radius 2 is 1.85 bits per heavy atom. The summed E-state index contributed by atoms with van der Waals surface area (Å²) in [4.78, 5) is 24.6. The van der Waals surface area contributed by atoms with Crippen LogP contribution in [0, 0.1) is 6.92 Å². The third-order valence-corrected chi connectivity index (χ3v) is 4.33. The van der Waals surface area contributed by atoms with Gasteiger partial charge in [0.1, 0.15) is 0 Å². The molecule has 0 aliphatic rings. The van der Waals surface area contributed by atoms with E-state index in [1.165, 1.54) is 0 Å². The number of nitrogens with zero attached hydrogens (tertiary/aromatic N) is 1. The van der Waals surface area contributed by atoms with Gasteiger partial charge in [0.15, 0.2) is 5.69 Å². The molecule has 0 fully saturated rings. The number of aryl methyl sites for hydroxylation is 1. The molecule has 1 aromatic heterocycles. The van der Waals surface area contributed by atoms with Gasteiger partial charge < -0.3 is 10.6 Å². The molecule has 0 spiro atoms. The Kier molecular flexibility index (Phi) is 5.02. The van der Waals surface area contributed by atoms with Crippen LogP contribution in [-0.4, -0.2) is 28.1 Å². The van der Waals surface area contributed by atoms with Gasteiger partial charge in [-0.05, 0) is 56.7 Å². The molecule has 3 rings (SSSR count). The van der Waals surface area contributed by atoms with E-state index in [0.717, 1.165) is 22.9 Å². The fourth-order valence-corrected chi connectivity index (χ4v) is 2.61. The molecule has 3 aromatic rings. The highest BCUT2D eigenvalue weighted by Crippen LogP contribution is 2.19. The van der Waals surface area contributed by atoms with Gasteiger partial charge in [-0.15, -0.1) is 0 Å². The Hall–Kier alpha value is -3.15. The predicted octanol–water partition coefficient (Wildman–Crippen LogP) is 3.65. The van der Waals surface area contributed by atoms with Crippen LogP contribution in [0.15, 0.2) is 42.5 Å². The molecule has 1 unspecified atom stereocenters. The Balaban J connectivity index is 1.73. The highest BCUT2D eigenvalue weighted by molar-refractivity contribution is 6.11. The molecule has 0 aliphatic carbocycles. The number of amides is 2.